The second kappa shape index (κ2) is 9.15. The minimum Gasteiger partial charge on any atom is -0.482 e. The smallest absolute Gasteiger partial charge is 0.228 e. The molecule has 0 radical (unpaired) electrons. The van der Waals surface area contributed by atoms with E-state index in [-0.39, 0.29) is 28.8 Å². The van der Waals surface area contributed by atoms with Crippen LogP contribution in [0.1, 0.15) is 30.9 Å². The van der Waals surface area contributed by atoms with Crippen LogP contribution in [0.15, 0.2) is 71.6 Å². The number of sulfone groups is 1. The maximum atomic E-state index is 14.3. The molecule has 5 nitrogen and oxygen atoms in total. The SMILES string of the molecule is CCS(=O)(=O)c1ccc(CC(=O)Nc2ccc(OC3(c4ccc(Cl)cc4F)CC3)cc2)cc1. The number of hydrogen-bond acceptors (Lipinski definition) is 4. The Bertz CT molecular complexity index is 1270. The Balaban J connectivity index is 1.36. The predicted octanol–water partition coefficient (Wildman–Crippen LogP) is 5.52. The van der Waals surface area contributed by atoms with Crippen LogP contribution in [0.4, 0.5) is 10.1 Å². The van der Waals surface area contributed by atoms with Crippen molar-refractivity contribution in [2.45, 2.75) is 36.7 Å². The molecule has 0 aliphatic heterocycles. The molecule has 33 heavy (non-hydrogen) atoms. The van der Waals surface area contributed by atoms with Gasteiger partial charge < -0.3 is 10.1 Å². The van der Waals surface area contributed by atoms with Crippen LogP contribution in [0.2, 0.25) is 5.02 Å². The lowest BCUT2D eigenvalue weighted by Gasteiger charge is -2.19. The van der Waals surface area contributed by atoms with Gasteiger partial charge in [0, 0.05) is 16.3 Å². The van der Waals surface area contributed by atoms with Gasteiger partial charge in [0.25, 0.3) is 0 Å². The maximum Gasteiger partial charge on any atom is 0.228 e. The van der Waals surface area contributed by atoms with Crippen LogP contribution >= 0.6 is 11.6 Å². The summed E-state index contributed by atoms with van der Waals surface area (Å²) in [6, 6.07) is 17.8. The van der Waals surface area contributed by atoms with E-state index < -0.39 is 15.4 Å². The van der Waals surface area contributed by atoms with Crippen LogP contribution < -0.4 is 10.1 Å². The van der Waals surface area contributed by atoms with Gasteiger partial charge in [-0.15, -0.1) is 0 Å². The lowest BCUT2D eigenvalue weighted by Crippen LogP contribution is -2.17. The third-order valence-corrected chi connectivity index (χ3v) is 7.59. The maximum absolute atomic E-state index is 14.3. The lowest BCUT2D eigenvalue weighted by atomic mass is 10.1. The summed E-state index contributed by atoms with van der Waals surface area (Å²) in [6.07, 6.45) is 1.54. The molecule has 1 N–H and O–H groups in total. The number of carbonyl (C=O) groups excluding carboxylic acids is 1. The van der Waals surface area contributed by atoms with Gasteiger partial charge in [0.2, 0.25) is 5.91 Å². The molecule has 0 saturated heterocycles. The van der Waals surface area contributed by atoms with Gasteiger partial charge in [0.1, 0.15) is 17.2 Å². The molecule has 3 aromatic carbocycles. The van der Waals surface area contributed by atoms with Crippen LogP contribution in [-0.4, -0.2) is 20.1 Å². The molecule has 8 heteroatoms. The van der Waals surface area contributed by atoms with Crippen LogP contribution in [0.3, 0.4) is 0 Å². The molecule has 1 aliphatic rings. The topological polar surface area (TPSA) is 72.5 Å². The van der Waals surface area contributed by atoms with E-state index >= 15 is 0 Å². The molecule has 1 amide bonds. The first-order chi connectivity index (χ1) is 15.7. The Morgan fingerprint density at radius 2 is 1.73 bits per heavy atom. The molecule has 0 heterocycles. The molecule has 1 saturated carbocycles. The minimum atomic E-state index is -3.27. The van der Waals surface area contributed by atoms with Gasteiger partial charge in [0.15, 0.2) is 9.84 Å². The highest BCUT2D eigenvalue weighted by Gasteiger charge is 2.49. The zero-order chi connectivity index (χ0) is 23.6. The van der Waals surface area contributed by atoms with Crippen molar-refractivity contribution in [1.82, 2.24) is 0 Å². The highest BCUT2D eigenvalue weighted by atomic mass is 35.5. The van der Waals surface area contributed by atoms with Crippen molar-refractivity contribution in [2.24, 2.45) is 0 Å². The van der Waals surface area contributed by atoms with Gasteiger partial charge in [-0.2, -0.15) is 0 Å². The van der Waals surface area contributed by atoms with Gasteiger partial charge in [-0.1, -0.05) is 36.7 Å². The molecule has 172 valence electrons. The van der Waals surface area contributed by atoms with Crippen molar-refractivity contribution in [3.63, 3.8) is 0 Å². The summed E-state index contributed by atoms with van der Waals surface area (Å²) in [7, 11) is -3.27. The second-order valence-electron chi connectivity index (χ2n) is 8.02. The van der Waals surface area contributed by atoms with E-state index in [1.165, 1.54) is 18.2 Å². The molecule has 1 aliphatic carbocycles. The number of carbonyl (C=O) groups is 1. The van der Waals surface area contributed by atoms with Crippen LogP contribution in [0.5, 0.6) is 5.75 Å². The number of nitrogens with one attached hydrogen (secondary N) is 1. The van der Waals surface area contributed by atoms with Gasteiger partial charge in [0.05, 0.1) is 17.1 Å². The number of anilines is 1. The van der Waals surface area contributed by atoms with Crippen LogP contribution in [0.25, 0.3) is 0 Å². The quantitative estimate of drug-likeness (QED) is 0.454. The van der Waals surface area contributed by atoms with Crippen LogP contribution in [0, 0.1) is 5.82 Å². The highest BCUT2D eigenvalue weighted by molar-refractivity contribution is 7.91. The minimum absolute atomic E-state index is 0.0301. The number of ether oxygens (including phenoxy) is 1. The Labute approximate surface area is 197 Å². The Morgan fingerprint density at radius 3 is 2.30 bits per heavy atom. The van der Waals surface area contributed by atoms with E-state index in [1.54, 1.807) is 55.5 Å². The summed E-state index contributed by atoms with van der Waals surface area (Å²) in [4.78, 5) is 12.6. The zero-order valence-corrected chi connectivity index (χ0v) is 19.5. The lowest BCUT2D eigenvalue weighted by molar-refractivity contribution is -0.115. The first-order valence-corrected chi connectivity index (χ1v) is 12.6. The van der Waals surface area contributed by atoms with E-state index in [0.29, 0.717) is 40.4 Å². The summed E-state index contributed by atoms with van der Waals surface area (Å²) in [6.45, 7) is 1.59. The fourth-order valence-electron chi connectivity index (χ4n) is 3.60. The molecular weight excluding hydrogens is 465 g/mol. The fraction of sp³-hybridized carbons (Fsp3) is 0.240. The number of hydrogen-bond donors (Lipinski definition) is 1. The number of benzene rings is 3. The van der Waals surface area contributed by atoms with Crippen molar-refractivity contribution in [2.75, 3.05) is 11.1 Å². The molecule has 1 fully saturated rings. The Kier molecular flexibility index (Phi) is 6.45. The number of amides is 1. The summed E-state index contributed by atoms with van der Waals surface area (Å²) < 4.78 is 44.2. The normalized spacial score (nSPS) is 14.5. The Hall–Kier alpha value is -2.90. The average molecular weight is 488 g/mol. The summed E-state index contributed by atoms with van der Waals surface area (Å²) in [5, 5.41) is 3.15. The van der Waals surface area contributed by atoms with Crippen molar-refractivity contribution >= 4 is 33.0 Å². The third kappa shape index (κ3) is 5.37. The number of rotatable bonds is 8. The summed E-state index contributed by atoms with van der Waals surface area (Å²) >= 11 is 5.85. The van der Waals surface area contributed by atoms with E-state index in [2.05, 4.69) is 5.32 Å². The second-order valence-corrected chi connectivity index (χ2v) is 10.7. The third-order valence-electron chi connectivity index (χ3n) is 5.60. The largest absolute Gasteiger partial charge is 0.482 e. The molecule has 0 aromatic heterocycles. The Morgan fingerprint density at radius 1 is 1.06 bits per heavy atom. The molecule has 0 unspecified atom stereocenters. The molecule has 4 rings (SSSR count). The standard InChI is InChI=1S/C25H23ClFNO4S/c1-2-33(30,31)21-10-3-17(4-11-21)15-24(29)28-19-6-8-20(9-7-19)32-25(13-14-25)22-12-5-18(26)16-23(22)27/h3-12,16H,2,13-15H2,1H3,(H,28,29). The van der Waals surface area contributed by atoms with E-state index in [4.69, 9.17) is 16.3 Å². The van der Waals surface area contributed by atoms with Gasteiger partial charge in [-0.3, -0.25) is 4.79 Å². The van der Waals surface area contributed by atoms with E-state index in [0.717, 1.165) is 0 Å². The number of halogens is 2. The molecule has 0 atom stereocenters. The van der Waals surface area contributed by atoms with E-state index in [1.807, 2.05) is 0 Å². The highest BCUT2D eigenvalue weighted by Crippen LogP contribution is 2.50. The molecule has 0 spiro atoms. The van der Waals surface area contributed by atoms with Gasteiger partial charge in [-0.05, 0) is 66.9 Å². The average Bonchev–Trinajstić information content (AvgIpc) is 3.55. The summed E-state index contributed by atoms with van der Waals surface area (Å²) in [5.41, 5.74) is 1.11. The monoisotopic (exact) mass is 487 g/mol. The van der Waals surface area contributed by atoms with Crippen molar-refractivity contribution in [1.29, 1.82) is 0 Å². The van der Waals surface area contributed by atoms with Crippen molar-refractivity contribution < 1.29 is 22.3 Å². The van der Waals surface area contributed by atoms with E-state index in [9.17, 15) is 17.6 Å². The zero-order valence-electron chi connectivity index (χ0n) is 18.0. The first-order valence-electron chi connectivity index (χ1n) is 10.6. The van der Waals surface area contributed by atoms with Crippen molar-refractivity contribution in [3.05, 3.63) is 88.7 Å². The van der Waals surface area contributed by atoms with Crippen molar-refractivity contribution in [3.8, 4) is 5.75 Å². The van der Waals surface area contributed by atoms with Gasteiger partial charge in [-0.25, -0.2) is 12.8 Å². The van der Waals surface area contributed by atoms with Gasteiger partial charge >= 0.3 is 0 Å². The molecular formula is C25H23ClFNO4S. The molecule has 3 aromatic rings. The first kappa shape index (κ1) is 23.3. The predicted molar refractivity (Wildman–Crippen MR) is 126 cm³/mol. The molecule has 0 bridgehead atoms. The summed E-state index contributed by atoms with van der Waals surface area (Å²) in [5.74, 6) is -0.00378. The fourth-order valence-corrected chi connectivity index (χ4v) is 4.65. The van der Waals surface area contributed by atoms with Crippen LogP contribution in [-0.2, 0) is 26.7 Å².